The van der Waals surface area contributed by atoms with E-state index in [0.717, 1.165) is 15.6 Å². The second-order valence-electron chi connectivity index (χ2n) is 3.25. The number of halogens is 1. The quantitative estimate of drug-likeness (QED) is 0.863. The van der Waals surface area contributed by atoms with E-state index >= 15 is 0 Å². The van der Waals surface area contributed by atoms with Crippen molar-refractivity contribution in [2.75, 3.05) is 0 Å². The van der Waals surface area contributed by atoms with Gasteiger partial charge in [-0.15, -0.1) is 0 Å². The number of nitrogens with zero attached hydrogens (tertiary/aromatic N) is 1. The monoisotopic (exact) mass is 265 g/mol. The molecule has 0 amide bonds. The van der Waals surface area contributed by atoms with Gasteiger partial charge in [0.15, 0.2) is 0 Å². The van der Waals surface area contributed by atoms with E-state index in [1.807, 2.05) is 19.1 Å². The van der Waals surface area contributed by atoms with E-state index in [0.29, 0.717) is 5.52 Å². The van der Waals surface area contributed by atoms with Crippen molar-refractivity contribution in [3.8, 4) is 0 Å². The predicted molar refractivity (Wildman–Crippen MR) is 61.1 cm³/mol. The number of hydrogen-bond donors (Lipinski definition) is 1. The van der Waals surface area contributed by atoms with E-state index in [9.17, 15) is 4.79 Å². The van der Waals surface area contributed by atoms with Gasteiger partial charge in [-0.3, -0.25) is 4.98 Å². The number of fused-ring (bicyclic) bond motifs is 1. The second kappa shape index (κ2) is 3.62. The Balaban J connectivity index is 2.90. The molecule has 15 heavy (non-hydrogen) atoms. The molecule has 1 aromatic carbocycles. The van der Waals surface area contributed by atoms with Crippen molar-refractivity contribution in [1.29, 1.82) is 0 Å². The van der Waals surface area contributed by atoms with Crippen LogP contribution in [0.3, 0.4) is 0 Å². The maximum Gasteiger partial charge on any atom is 0.337 e. The Labute approximate surface area is 94.9 Å². The molecule has 0 aliphatic carbocycles. The second-order valence-corrected chi connectivity index (χ2v) is 4.10. The summed E-state index contributed by atoms with van der Waals surface area (Å²) >= 11 is 3.37. The molecule has 1 N–H and O–H groups in total. The van der Waals surface area contributed by atoms with Crippen LogP contribution < -0.4 is 0 Å². The summed E-state index contributed by atoms with van der Waals surface area (Å²) in [6.45, 7) is 1.84. The molecule has 0 aliphatic heterocycles. The highest BCUT2D eigenvalue weighted by Crippen LogP contribution is 2.25. The van der Waals surface area contributed by atoms with Gasteiger partial charge in [0.1, 0.15) is 0 Å². The molecule has 76 valence electrons. The van der Waals surface area contributed by atoms with Crippen LogP contribution in [0.2, 0.25) is 0 Å². The Bertz CT molecular complexity index is 552. The molecule has 1 aromatic heterocycles. The van der Waals surface area contributed by atoms with Crippen molar-refractivity contribution in [3.05, 3.63) is 40.0 Å². The van der Waals surface area contributed by atoms with Gasteiger partial charge in [-0.25, -0.2) is 4.79 Å². The van der Waals surface area contributed by atoms with E-state index in [2.05, 4.69) is 20.9 Å². The molecule has 0 bridgehead atoms. The number of carboxylic acids is 1. The zero-order valence-electron chi connectivity index (χ0n) is 7.99. The first-order valence-electron chi connectivity index (χ1n) is 4.39. The molecule has 0 spiro atoms. The highest BCUT2D eigenvalue weighted by Gasteiger charge is 2.11. The van der Waals surface area contributed by atoms with Crippen molar-refractivity contribution in [1.82, 2.24) is 4.98 Å². The van der Waals surface area contributed by atoms with Crippen LogP contribution in [0.25, 0.3) is 10.9 Å². The minimum atomic E-state index is -0.953. The molecule has 0 saturated carbocycles. The number of carboxylic acid groups (broad SMARTS) is 1. The molecular weight excluding hydrogens is 258 g/mol. The van der Waals surface area contributed by atoms with Crippen molar-refractivity contribution in [2.24, 2.45) is 0 Å². The zero-order chi connectivity index (χ0) is 11.0. The summed E-state index contributed by atoms with van der Waals surface area (Å²) in [6.07, 6.45) is 0. The van der Waals surface area contributed by atoms with Crippen LogP contribution in [0.4, 0.5) is 0 Å². The Morgan fingerprint density at radius 1 is 1.33 bits per heavy atom. The van der Waals surface area contributed by atoms with Gasteiger partial charge in [0, 0.05) is 15.6 Å². The van der Waals surface area contributed by atoms with Gasteiger partial charge in [-0.1, -0.05) is 15.9 Å². The number of pyridine rings is 1. The van der Waals surface area contributed by atoms with Gasteiger partial charge in [0.25, 0.3) is 0 Å². The third-order valence-corrected chi connectivity index (χ3v) is 2.87. The Morgan fingerprint density at radius 3 is 2.73 bits per heavy atom. The van der Waals surface area contributed by atoms with E-state index in [1.165, 1.54) is 0 Å². The SMILES string of the molecule is Cc1ccc2c(Br)ccc(C(=O)O)c2n1. The first-order valence-corrected chi connectivity index (χ1v) is 5.18. The standard InChI is InChI=1S/C11H8BrNO2/c1-6-2-3-7-9(12)5-4-8(11(14)15)10(7)13-6/h2-5H,1H3,(H,14,15). The highest BCUT2D eigenvalue weighted by molar-refractivity contribution is 9.10. The van der Waals surface area contributed by atoms with E-state index in [4.69, 9.17) is 5.11 Å². The molecule has 0 aliphatic rings. The number of aromatic carboxylic acids is 1. The third kappa shape index (κ3) is 1.72. The van der Waals surface area contributed by atoms with Crippen LogP contribution in [0.5, 0.6) is 0 Å². The van der Waals surface area contributed by atoms with Gasteiger partial charge >= 0.3 is 5.97 Å². The van der Waals surface area contributed by atoms with E-state index < -0.39 is 5.97 Å². The number of rotatable bonds is 1. The molecule has 1 heterocycles. The molecule has 0 fully saturated rings. The predicted octanol–water partition coefficient (Wildman–Crippen LogP) is 3.00. The lowest BCUT2D eigenvalue weighted by molar-refractivity contribution is 0.0699. The number of hydrogen-bond acceptors (Lipinski definition) is 2. The van der Waals surface area contributed by atoms with Crippen molar-refractivity contribution >= 4 is 32.8 Å². The maximum absolute atomic E-state index is 11.0. The molecule has 0 unspecified atom stereocenters. The van der Waals surface area contributed by atoms with Gasteiger partial charge in [-0.05, 0) is 31.2 Å². The number of aryl methyl sites for hydroxylation is 1. The molecular formula is C11H8BrNO2. The van der Waals surface area contributed by atoms with Crippen LogP contribution in [-0.2, 0) is 0 Å². The van der Waals surface area contributed by atoms with Crippen molar-refractivity contribution in [3.63, 3.8) is 0 Å². The molecule has 4 heteroatoms. The molecule has 2 aromatic rings. The number of carbonyl (C=O) groups is 1. The lowest BCUT2D eigenvalue weighted by Crippen LogP contribution is -1.99. The fourth-order valence-corrected chi connectivity index (χ4v) is 1.90. The van der Waals surface area contributed by atoms with Crippen LogP contribution in [0, 0.1) is 6.92 Å². The van der Waals surface area contributed by atoms with Gasteiger partial charge < -0.3 is 5.11 Å². The first kappa shape index (κ1) is 10.1. The Kier molecular flexibility index (Phi) is 2.44. The maximum atomic E-state index is 11.0. The zero-order valence-corrected chi connectivity index (χ0v) is 9.58. The molecule has 0 radical (unpaired) electrons. The summed E-state index contributed by atoms with van der Waals surface area (Å²) in [5, 5.41) is 9.83. The summed E-state index contributed by atoms with van der Waals surface area (Å²) in [6, 6.07) is 7.01. The van der Waals surface area contributed by atoms with E-state index in [-0.39, 0.29) is 5.56 Å². The van der Waals surface area contributed by atoms with Crippen LogP contribution in [-0.4, -0.2) is 16.1 Å². The van der Waals surface area contributed by atoms with Crippen molar-refractivity contribution < 1.29 is 9.90 Å². The fourth-order valence-electron chi connectivity index (χ4n) is 1.45. The topological polar surface area (TPSA) is 50.2 Å². The Hall–Kier alpha value is -1.42. The Morgan fingerprint density at radius 2 is 2.07 bits per heavy atom. The molecule has 3 nitrogen and oxygen atoms in total. The van der Waals surface area contributed by atoms with Crippen molar-refractivity contribution in [2.45, 2.75) is 6.92 Å². The third-order valence-electron chi connectivity index (χ3n) is 2.17. The molecule has 2 rings (SSSR count). The minimum Gasteiger partial charge on any atom is -0.478 e. The average Bonchev–Trinajstić information content (AvgIpc) is 2.17. The number of aromatic nitrogens is 1. The first-order chi connectivity index (χ1) is 7.09. The summed E-state index contributed by atoms with van der Waals surface area (Å²) in [5.74, 6) is -0.953. The van der Waals surface area contributed by atoms with Crippen LogP contribution >= 0.6 is 15.9 Å². The lowest BCUT2D eigenvalue weighted by atomic mass is 10.1. The number of benzene rings is 1. The van der Waals surface area contributed by atoms with Gasteiger partial charge in [0.2, 0.25) is 0 Å². The molecule has 0 atom stereocenters. The van der Waals surface area contributed by atoms with Crippen LogP contribution in [0.15, 0.2) is 28.7 Å². The van der Waals surface area contributed by atoms with E-state index in [1.54, 1.807) is 12.1 Å². The summed E-state index contributed by atoms with van der Waals surface area (Å²) in [7, 11) is 0. The van der Waals surface area contributed by atoms with Crippen LogP contribution in [0.1, 0.15) is 16.1 Å². The summed E-state index contributed by atoms with van der Waals surface area (Å²) in [4.78, 5) is 15.2. The summed E-state index contributed by atoms with van der Waals surface area (Å²) in [5.41, 5.74) is 1.57. The average molecular weight is 266 g/mol. The largest absolute Gasteiger partial charge is 0.478 e. The fraction of sp³-hybridized carbons (Fsp3) is 0.0909. The highest BCUT2D eigenvalue weighted by atomic mass is 79.9. The minimum absolute atomic E-state index is 0.233. The van der Waals surface area contributed by atoms with Gasteiger partial charge in [-0.2, -0.15) is 0 Å². The smallest absolute Gasteiger partial charge is 0.337 e. The normalized spacial score (nSPS) is 10.5. The molecule has 0 saturated heterocycles. The summed E-state index contributed by atoms with van der Waals surface area (Å²) < 4.78 is 0.856. The lowest BCUT2D eigenvalue weighted by Gasteiger charge is -2.04. The van der Waals surface area contributed by atoms with Gasteiger partial charge in [0.05, 0.1) is 11.1 Å².